The predicted molar refractivity (Wildman–Crippen MR) is 76.2 cm³/mol. The van der Waals surface area contributed by atoms with Crippen molar-refractivity contribution >= 4 is 15.9 Å². The molecule has 1 heterocycles. The van der Waals surface area contributed by atoms with Crippen molar-refractivity contribution in [3.63, 3.8) is 0 Å². The van der Waals surface area contributed by atoms with Crippen LogP contribution < -0.4 is 4.74 Å². The largest absolute Gasteiger partial charge is 0.488 e. The van der Waals surface area contributed by atoms with E-state index in [0.29, 0.717) is 16.3 Å². The highest BCUT2D eigenvalue weighted by atomic mass is 79.9. The lowest BCUT2D eigenvalue weighted by molar-refractivity contribution is -0.0606. The van der Waals surface area contributed by atoms with Crippen molar-refractivity contribution in [1.29, 1.82) is 0 Å². The van der Waals surface area contributed by atoms with Crippen molar-refractivity contribution in [1.82, 2.24) is 4.98 Å². The fourth-order valence-electron chi connectivity index (χ4n) is 3.46. The molecular formula is C15H20BrNO. The summed E-state index contributed by atoms with van der Waals surface area (Å²) in [7, 11) is 0. The number of hydrogen-bond acceptors (Lipinski definition) is 2. The molecule has 2 atom stereocenters. The van der Waals surface area contributed by atoms with Crippen molar-refractivity contribution in [2.75, 3.05) is 0 Å². The molecular weight excluding hydrogens is 290 g/mol. The highest BCUT2D eigenvalue weighted by molar-refractivity contribution is 9.09. The molecule has 1 aromatic heterocycles. The average Bonchev–Trinajstić information content (AvgIpc) is 2.41. The fraction of sp³-hybridized carbons (Fsp3) is 0.667. The summed E-state index contributed by atoms with van der Waals surface area (Å²) in [4.78, 5) is 4.95. The van der Waals surface area contributed by atoms with Crippen molar-refractivity contribution in [3.8, 4) is 5.75 Å². The van der Waals surface area contributed by atoms with Crippen LogP contribution in [0.2, 0.25) is 0 Å². The van der Waals surface area contributed by atoms with E-state index < -0.39 is 0 Å². The van der Waals surface area contributed by atoms with Gasteiger partial charge in [0.2, 0.25) is 0 Å². The van der Waals surface area contributed by atoms with E-state index in [0.717, 1.165) is 17.9 Å². The van der Waals surface area contributed by atoms with Gasteiger partial charge in [0.1, 0.15) is 11.9 Å². The maximum Gasteiger partial charge on any atom is 0.140 e. The topological polar surface area (TPSA) is 22.1 Å². The van der Waals surface area contributed by atoms with Gasteiger partial charge in [0, 0.05) is 16.4 Å². The molecule has 3 heteroatoms. The van der Waals surface area contributed by atoms with Gasteiger partial charge in [0.15, 0.2) is 0 Å². The fourth-order valence-corrected chi connectivity index (χ4v) is 4.55. The molecule has 0 radical (unpaired) electrons. The van der Waals surface area contributed by atoms with E-state index in [-0.39, 0.29) is 0 Å². The number of pyridine rings is 1. The Kier molecular flexibility index (Phi) is 3.35. The van der Waals surface area contributed by atoms with Crippen LogP contribution in [-0.2, 0) is 0 Å². The molecule has 2 aliphatic rings. The molecule has 0 aromatic carbocycles. The minimum Gasteiger partial charge on any atom is -0.488 e. The lowest BCUT2D eigenvalue weighted by atomic mass is 9.58. The third-order valence-corrected chi connectivity index (χ3v) is 5.98. The van der Waals surface area contributed by atoms with Crippen LogP contribution >= 0.6 is 15.9 Å². The van der Waals surface area contributed by atoms with Crippen molar-refractivity contribution in [2.24, 2.45) is 5.41 Å². The van der Waals surface area contributed by atoms with Gasteiger partial charge in [-0.3, -0.25) is 4.98 Å². The first-order valence-corrected chi connectivity index (χ1v) is 7.86. The summed E-state index contributed by atoms with van der Waals surface area (Å²) in [6, 6.07) is 4.00. The normalized spacial score (nSPS) is 29.9. The van der Waals surface area contributed by atoms with Crippen LogP contribution in [0.1, 0.15) is 44.2 Å². The molecule has 0 bridgehead atoms. The van der Waals surface area contributed by atoms with E-state index in [2.05, 4.69) is 20.9 Å². The van der Waals surface area contributed by atoms with E-state index in [9.17, 15) is 0 Å². The number of hydrogen-bond donors (Lipinski definition) is 0. The van der Waals surface area contributed by atoms with Gasteiger partial charge in [-0.15, -0.1) is 0 Å². The van der Waals surface area contributed by atoms with Gasteiger partial charge < -0.3 is 4.74 Å². The van der Waals surface area contributed by atoms with E-state index >= 15 is 0 Å². The van der Waals surface area contributed by atoms with Gasteiger partial charge in [-0.05, 0) is 38.3 Å². The number of ether oxygens (including phenoxy) is 1. The van der Waals surface area contributed by atoms with E-state index in [1.807, 2.05) is 25.3 Å². The van der Waals surface area contributed by atoms with Gasteiger partial charge in [-0.1, -0.05) is 35.2 Å². The maximum absolute atomic E-state index is 6.25. The van der Waals surface area contributed by atoms with Crippen LogP contribution in [0.5, 0.6) is 5.75 Å². The molecule has 18 heavy (non-hydrogen) atoms. The molecule has 1 spiro atoms. The Balaban J connectivity index is 1.75. The second kappa shape index (κ2) is 4.84. The van der Waals surface area contributed by atoms with Crippen LogP contribution in [0.4, 0.5) is 0 Å². The summed E-state index contributed by atoms with van der Waals surface area (Å²) in [5.41, 5.74) is 1.39. The number of aromatic nitrogens is 1. The van der Waals surface area contributed by atoms with Crippen molar-refractivity contribution < 1.29 is 4.74 Å². The standard InChI is InChI=1S/C15H20BrNO/c1-11-12(6-5-9-17-11)18-14-10-13(16)15(14)7-3-2-4-8-15/h5-6,9,13-14H,2-4,7-8,10H2,1H3. The average molecular weight is 310 g/mol. The molecule has 2 aliphatic carbocycles. The Hall–Kier alpha value is -0.570. The Morgan fingerprint density at radius 3 is 2.78 bits per heavy atom. The molecule has 98 valence electrons. The van der Waals surface area contributed by atoms with Gasteiger partial charge in [-0.25, -0.2) is 0 Å². The zero-order valence-corrected chi connectivity index (χ0v) is 12.4. The first-order valence-electron chi connectivity index (χ1n) is 6.95. The van der Waals surface area contributed by atoms with Gasteiger partial charge in [0.25, 0.3) is 0 Å². The van der Waals surface area contributed by atoms with Crippen LogP contribution in [-0.4, -0.2) is 15.9 Å². The van der Waals surface area contributed by atoms with E-state index in [1.165, 1.54) is 32.1 Å². The minimum absolute atomic E-state index is 0.380. The molecule has 0 amide bonds. The Labute approximate surface area is 117 Å². The number of alkyl halides is 1. The molecule has 3 rings (SSSR count). The maximum atomic E-state index is 6.25. The number of rotatable bonds is 2. The monoisotopic (exact) mass is 309 g/mol. The van der Waals surface area contributed by atoms with E-state index in [4.69, 9.17) is 4.74 Å². The first kappa shape index (κ1) is 12.5. The Morgan fingerprint density at radius 1 is 1.33 bits per heavy atom. The second-order valence-corrected chi connectivity index (χ2v) is 6.80. The third-order valence-electron chi connectivity index (χ3n) is 4.70. The molecule has 2 saturated carbocycles. The minimum atomic E-state index is 0.380. The predicted octanol–water partition coefficient (Wildman–Crippen LogP) is 4.26. The summed E-state index contributed by atoms with van der Waals surface area (Å²) >= 11 is 3.86. The highest BCUT2D eigenvalue weighted by Gasteiger charge is 2.55. The summed E-state index contributed by atoms with van der Waals surface area (Å²) in [5.74, 6) is 0.965. The van der Waals surface area contributed by atoms with Gasteiger partial charge in [-0.2, -0.15) is 0 Å². The quantitative estimate of drug-likeness (QED) is 0.762. The van der Waals surface area contributed by atoms with Crippen LogP contribution in [0.3, 0.4) is 0 Å². The molecule has 1 aromatic rings. The molecule has 0 aliphatic heterocycles. The smallest absolute Gasteiger partial charge is 0.140 e. The van der Waals surface area contributed by atoms with Crippen LogP contribution in [0, 0.1) is 12.3 Å². The van der Waals surface area contributed by atoms with E-state index in [1.54, 1.807) is 0 Å². The zero-order chi connectivity index (χ0) is 12.6. The summed E-state index contributed by atoms with van der Waals surface area (Å²) in [6.45, 7) is 2.02. The molecule has 2 fully saturated rings. The lowest BCUT2D eigenvalue weighted by Gasteiger charge is -2.55. The number of aryl methyl sites for hydroxylation is 1. The second-order valence-electron chi connectivity index (χ2n) is 5.69. The summed E-state index contributed by atoms with van der Waals surface area (Å²) < 4.78 is 6.25. The summed E-state index contributed by atoms with van der Waals surface area (Å²) in [5, 5.41) is 0. The highest BCUT2D eigenvalue weighted by Crippen LogP contribution is 2.56. The van der Waals surface area contributed by atoms with Gasteiger partial charge in [0.05, 0.1) is 5.69 Å². The SMILES string of the molecule is Cc1ncccc1OC1CC(Br)C12CCCCC2. The molecule has 2 unspecified atom stereocenters. The zero-order valence-electron chi connectivity index (χ0n) is 10.9. The summed E-state index contributed by atoms with van der Waals surface area (Å²) in [6.07, 6.45) is 10.1. The van der Waals surface area contributed by atoms with Crippen molar-refractivity contribution in [3.05, 3.63) is 24.0 Å². The number of nitrogens with zero attached hydrogens (tertiary/aromatic N) is 1. The molecule has 0 saturated heterocycles. The van der Waals surface area contributed by atoms with Crippen molar-refractivity contribution in [2.45, 2.75) is 56.4 Å². The Morgan fingerprint density at radius 2 is 2.11 bits per heavy atom. The molecule has 0 N–H and O–H groups in total. The Bertz CT molecular complexity index is 428. The molecule has 2 nitrogen and oxygen atoms in total. The first-order chi connectivity index (χ1) is 8.72. The van der Waals surface area contributed by atoms with Gasteiger partial charge >= 0.3 is 0 Å². The van der Waals surface area contributed by atoms with Crippen LogP contribution in [0.25, 0.3) is 0 Å². The lowest BCUT2D eigenvalue weighted by Crippen LogP contribution is -2.57. The number of halogens is 1. The third kappa shape index (κ3) is 1.97. The van der Waals surface area contributed by atoms with Crippen LogP contribution in [0.15, 0.2) is 18.3 Å².